The second kappa shape index (κ2) is 6.66. The molecule has 0 saturated heterocycles. The fourth-order valence-corrected chi connectivity index (χ4v) is 2.88. The predicted molar refractivity (Wildman–Crippen MR) is 73.4 cm³/mol. The van der Waals surface area contributed by atoms with E-state index in [4.69, 9.17) is 0 Å². The first-order chi connectivity index (χ1) is 9.49. The lowest BCUT2D eigenvalue weighted by Gasteiger charge is -2.30. The largest absolute Gasteiger partial charge is 0.391 e. The van der Waals surface area contributed by atoms with E-state index >= 15 is 0 Å². The molecule has 20 heavy (non-hydrogen) atoms. The number of nitrogens with one attached hydrogen (secondary N) is 1. The maximum Gasteiger partial charge on any atom is 0.391 e. The predicted octanol–water partition coefficient (Wildman–Crippen LogP) is 4.11. The average Bonchev–Trinajstić information content (AvgIpc) is 2.84. The highest BCUT2D eigenvalue weighted by atomic mass is 19.4. The van der Waals surface area contributed by atoms with Crippen molar-refractivity contribution in [1.29, 1.82) is 0 Å². The Morgan fingerprint density at radius 2 is 1.95 bits per heavy atom. The lowest BCUT2D eigenvalue weighted by atomic mass is 9.85. The van der Waals surface area contributed by atoms with E-state index in [1.165, 1.54) is 5.56 Å². The number of rotatable bonds is 5. The first-order valence-electron chi connectivity index (χ1n) is 7.43. The quantitative estimate of drug-likeness (QED) is 0.863. The zero-order valence-electron chi connectivity index (χ0n) is 11.9. The van der Waals surface area contributed by atoms with Crippen molar-refractivity contribution in [3.8, 4) is 0 Å². The van der Waals surface area contributed by atoms with Gasteiger partial charge in [0.25, 0.3) is 0 Å². The number of hydrogen-bond acceptors (Lipinski definition) is 1. The molecule has 0 atom stereocenters. The summed E-state index contributed by atoms with van der Waals surface area (Å²) in [7, 11) is 0. The zero-order valence-corrected chi connectivity index (χ0v) is 11.9. The monoisotopic (exact) mass is 288 g/mol. The smallest absolute Gasteiger partial charge is 0.354 e. The molecule has 1 saturated carbocycles. The molecular weight excluding hydrogens is 265 g/mol. The highest BCUT2D eigenvalue weighted by Crippen LogP contribution is 2.37. The zero-order chi connectivity index (χ0) is 14.6. The SMILES string of the molecule is CCCn1ccc(CNC2CCC(C(F)(F)F)CC2)c1. The standard InChI is InChI=1S/C15H23F3N2/c1-2-8-20-9-7-12(11-20)10-19-14-5-3-13(4-6-14)15(16,17)18/h7,9,11,13-14,19H,2-6,8,10H2,1H3. The van der Waals surface area contributed by atoms with Crippen LogP contribution in [0.25, 0.3) is 0 Å². The topological polar surface area (TPSA) is 17.0 Å². The second-order valence-electron chi connectivity index (χ2n) is 5.73. The van der Waals surface area contributed by atoms with Gasteiger partial charge in [0, 0.05) is 31.5 Å². The normalized spacial score (nSPS) is 24.0. The minimum Gasteiger partial charge on any atom is -0.354 e. The van der Waals surface area contributed by atoms with Crippen LogP contribution in [0.3, 0.4) is 0 Å². The fourth-order valence-electron chi connectivity index (χ4n) is 2.88. The molecule has 0 spiro atoms. The minimum atomic E-state index is -4.01. The molecule has 0 unspecified atom stereocenters. The van der Waals surface area contributed by atoms with Crippen LogP contribution in [0.5, 0.6) is 0 Å². The van der Waals surface area contributed by atoms with Crippen LogP contribution in [-0.2, 0) is 13.1 Å². The van der Waals surface area contributed by atoms with E-state index in [0.29, 0.717) is 12.8 Å². The van der Waals surface area contributed by atoms with E-state index in [9.17, 15) is 13.2 Å². The number of hydrogen-bond donors (Lipinski definition) is 1. The lowest BCUT2D eigenvalue weighted by Crippen LogP contribution is -2.36. The molecule has 2 rings (SSSR count). The molecule has 1 fully saturated rings. The highest BCUT2D eigenvalue weighted by molar-refractivity contribution is 5.10. The van der Waals surface area contributed by atoms with E-state index in [1.807, 2.05) is 0 Å². The molecule has 0 amide bonds. The molecule has 114 valence electrons. The Morgan fingerprint density at radius 3 is 2.55 bits per heavy atom. The van der Waals surface area contributed by atoms with Gasteiger partial charge in [0.15, 0.2) is 0 Å². The van der Waals surface area contributed by atoms with Gasteiger partial charge in [-0.2, -0.15) is 13.2 Å². The van der Waals surface area contributed by atoms with Gasteiger partial charge in [-0.05, 0) is 43.7 Å². The molecule has 1 aliphatic carbocycles. The van der Waals surface area contributed by atoms with Crippen LogP contribution in [0.1, 0.15) is 44.6 Å². The molecule has 5 heteroatoms. The second-order valence-corrected chi connectivity index (χ2v) is 5.73. The molecule has 2 nitrogen and oxygen atoms in total. The van der Waals surface area contributed by atoms with Crippen molar-refractivity contribution in [2.75, 3.05) is 0 Å². The highest BCUT2D eigenvalue weighted by Gasteiger charge is 2.41. The lowest BCUT2D eigenvalue weighted by molar-refractivity contribution is -0.182. The van der Waals surface area contributed by atoms with Gasteiger partial charge in [-0.15, -0.1) is 0 Å². The third-order valence-corrected chi connectivity index (χ3v) is 4.08. The van der Waals surface area contributed by atoms with Gasteiger partial charge in [0.2, 0.25) is 0 Å². The third-order valence-electron chi connectivity index (χ3n) is 4.08. The number of alkyl halides is 3. The van der Waals surface area contributed by atoms with Crippen molar-refractivity contribution in [3.63, 3.8) is 0 Å². The number of aryl methyl sites for hydroxylation is 1. The Labute approximate surface area is 118 Å². The summed E-state index contributed by atoms with van der Waals surface area (Å²) in [5, 5.41) is 3.38. The molecule has 0 bridgehead atoms. The molecule has 1 heterocycles. The summed E-state index contributed by atoms with van der Waals surface area (Å²) in [6.45, 7) is 3.89. The molecule has 1 aromatic heterocycles. The Morgan fingerprint density at radius 1 is 1.25 bits per heavy atom. The Balaban J connectivity index is 1.73. The minimum absolute atomic E-state index is 0.225. The van der Waals surface area contributed by atoms with Gasteiger partial charge >= 0.3 is 6.18 Å². The van der Waals surface area contributed by atoms with E-state index in [1.54, 1.807) is 0 Å². The van der Waals surface area contributed by atoms with Crippen LogP contribution < -0.4 is 5.32 Å². The first-order valence-corrected chi connectivity index (χ1v) is 7.43. The van der Waals surface area contributed by atoms with E-state index in [2.05, 4.69) is 35.3 Å². The van der Waals surface area contributed by atoms with E-state index in [-0.39, 0.29) is 18.9 Å². The van der Waals surface area contributed by atoms with Crippen LogP contribution >= 0.6 is 0 Å². The van der Waals surface area contributed by atoms with Crippen molar-refractivity contribution < 1.29 is 13.2 Å². The van der Waals surface area contributed by atoms with Gasteiger partial charge in [-0.1, -0.05) is 6.92 Å². The first kappa shape index (κ1) is 15.4. The number of halogens is 3. The van der Waals surface area contributed by atoms with Crippen molar-refractivity contribution >= 4 is 0 Å². The van der Waals surface area contributed by atoms with Gasteiger partial charge in [-0.25, -0.2) is 0 Å². The van der Waals surface area contributed by atoms with Crippen molar-refractivity contribution in [3.05, 3.63) is 24.0 Å². The Hall–Kier alpha value is -0.970. The van der Waals surface area contributed by atoms with Crippen LogP contribution in [0.15, 0.2) is 18.5 Å². The van der Waals surface area contributed by atoms with Crippen molar-refractivity contribution in [2.24, 2.45) is 5.92 Å². The van der Waals surface area contributed by atoms with Gasteiger partial charge < -0.3 is 9.88 Å². The summed E-state index contributed by atoms with van der Waals surface area (Å²) >= 11 is 0. The summed E-state index contributed by atoms with van der Waals surface area (Å²) in [5.41, 5.74) is 1.20. The summed E-state index contributed by atoms with van der Waals surface area (Å²) < 4.78 is 39.9. The van der Waals surface area contributed by atoms with Crippen LogP contribution in [0, 0.1) is 5.92 Å². The molecule has 0 radical (unpaired) electrons. The fraction of sp³-hybridized carbons (Fsp3) is 0.733. The third kappa shape index (κ3) is 4.27. The Bertz CT molecular complexity index is 403. The van der Waals surface area contributed by atoms with Crippen LogP contribution in [0.2, 0.25) is 0 Å². The van der Waals surface area contributed by atoms with E-state index in [0.717, 1.165) is 19.5 Å². The van der Waals surface area contributed by atoms with E-state index < -0.39 is 12.1 Å². The molecular formula is C15H23F3N2. The number of nitrogens with zero attached hydrogens (tertiary/aromatic N) is 1. The summed E-state index contributed by atoms with van der Waals surface area (Å²) in [5.74, 6) is -1.09. The number of aromatic nitrogens is 1. The van der Waals surface area contributed by atoms with Gasteiger partial charge in [-0.3, -0.25) is 0 Å². The molecule has 1 N–H and O–H groups in total. The van der Waals surface area contributed by atoms with Crippen LogP contribution in [0.4, 0.5) is 13.2 Å². The summed E-state index contributed by atoms with van der Waals surface area (Å²) in [4.78, 5) is 0. The maximum atomic E-state index is 12.6. The van der Waals surface area contributed by atoms with Gasteiger partial charge in [0.1, 0.15) is 0 Å². The van der Waals surface area contributed by atoms with Crippen molar-refractivity contribution in [1.82, 2.24) is 9.88 Å². The average molecular weight is 288 g/mol. The summed E-state index contributed by atoms with van der Waals surface area (Å²) in [6, 6.07) is 2.30. The maximum absolute atomic E-state index is 12.6. The van der Waals surface area contributed by atoms with Crippen LogP contribution in [-0.4, -0.2) is 16.8 Å². The van der Waals surface area contributed by atoms with Gasteiger partial charge in [0.05, 0.1) is 5.92 Å². The van der Waals surface area contributed by atoms with Crippen molar-refractivity contribution in [2.45, 2.75) is 64.3 Å². The molecule has 0 aliphatic heterocycles. The molecule has 0 aromatic carbocycles. The molecule has 1 aromatic rings. The summed E-state index contributed by atoms with van der Waals surface area (Å²) in [6.07, 6.45) is 3.03. The molecule has 1 aliphatic rings. The Kier molecular flexibility index (Phi) is 5.13.